The van der Waals surface area contributed by atoms with Crippen LogP contribution in [0.3, 0.4) is 0 Å². The molecule has 3 aromatic carbocycles. The zero-order valence-corrected chi connectivity index (χ0v) is 22.0. The Balaban J connectivity index is 2.03. The molecule has 0 bridgehead atoms. The Morgan fingerprint density at radius 2 is 1.50 bits per heavy atom. The van der Waals surface area contributed by atoms with E-state index in [-0.39, 0.29) is 12.5 Å². The average Bonchev–Trinajstić information content (AvgIpc) is 2.85. The predicted molar refractivity (Wildman–Crippen MR) is 143 cm³/mol. The molecular weight excluding hydrogens is 474 g/mol. The molecule has 190 valence electrons. The van der Waals surface area contributed by atoms with Gasteiger partial charge >= 0.3 is 0 Å². The normalized spacial score (nSPS) is 12.0. The molecule has 1 N–H and O–H groups in total. The van der Waals surface area contributed by atoms with Crippen molar-refractivity contribution in [1.29, 1.82) is 0 Å². The van der Waals surface area contributed by atoms with Crippen LogP contribution in [0.2, 0.25) is 0 Å². The molecule has 0 aliphatic rings. The van der Waals surface area contributed by atoms with E-state index >= 15 is 0 Å². The fourth-order valence-electron chi connectivity index (χ4n) is 4.02. The lowest BCUT2D eigenvalue weighted by atomic mass is 10.0. The first-order valence-electron chi connectivity index (χ1n) is 11.7. The third-order valence-corrected chi connectivity index (χ3v) is 7.26. The molecule has 0 aliphatic heterocycles. The molecule has 3 rings (SSSR count). The van der Waals surface area contributed by atoms with E-state index in [0.717, 1.165) is 32.8 Å². The number of carbonyl (C=O) groups is 2. The maximum atomic E-state index is 13.8. The van der Waals surface area contributed by atoms with Gasteiger partial charge in [0.15, 0.2) is 0 Å². The fraction of sp³-hybridized carbons (Fsp3) is 0.286. The Labute approximate surface area is 213 Å². The molecule has 0 radical (unpaired) electrons. The molecule has 0 aliphatic carbocycles. The minimum atomic E-state index is -3.77. The van der Waals surface area contributed by atoms with E-state index in [2.05, 4.69) is 5.32 Å². The van der Waals surface area contributed by atoms with Gasteiger partial charge in [0.05, 0.1) is 11.9 Å². The summed E-state index contributed by atoms with van der Waals surface area (Å²) in [5, 5.41) is 2.68. The zero-order valence-electron chi connectivity index (χ0n) is 21.1. The maximum Gasteiger partial charge on any atom is 0.244 e. The Kier molecular flexibility index (Phi) is 8.88. The summed E-state index contributed by atoms with van der Waals surface area (Å²) in [5.41, 5.74) is 4.12. The molecule has 3 aromatic rings. The number of sulfonamides is 1. The molecule has 7 nitrogen and oxygen atoms in total. The van der Waals surface area contributed by atoms with E-state index in [1.807, 2.05) is 68.4 Å². The molecule has 0 saturated carbocycles. The van der Waals surface area contributed by atoms with Crippen molar-refractivity contribution < 1.29 is 18.0 Å². The van der Waals surface area contributed by atoms with Gasteiger partial charge in [-0.15, -0.1) is 0 Å². The van der Waals surface area contributed by atoms with E-state index in [1.165, 1.54) is 11.9 Å². The van der Waals surface area contributed by atoms with Gasteiger partial charge in [0.2, 0.25) is 21.8 Å². The van der Waals surface area contributed by atoms with E-state index < -0.39 is 28.5 Å². The number of hydrogen-bond acceptors (Lipinski definition) is 4. The summed E-state index contributed by atoms with van der Waals surface area (Å²) in [6, 6.07) is 23.2. The van der Waals surface area contributed by atoms with Gasteiger partial charge in [-0.2, -0.15) is 0 Å². The van der Waals surface area contributed by atoms with Crippen LogP contribution >= 0.6 is 0 Å². The minimum Gasteiger partial charge on any atom is -0.357 e. The first kappa shape index (κ1) is 26.9. The highest BCUT2D eigenvalue weighted by atomic mass is 32.2. The minimum absolute atomic E-state index is 0.169. The Morgan fingerprint density at radius 3 is 2.08 bits per heavy atom. The topological polar surface area (TPSA) is 86.8 Å². The maximum absolute atomic E-state index is 13.8. The molecule has 2 amide bonds. The second kappa shape index (κ2) is 11.9. The first-order chi connectivity index (χ1) is 17.1. The summed E-state index contributed by atoms with van der Waals surface area (Å²) in [7, 11) is -2.23. The van der Waals surface area contributed by atoms with Crippen molar-refractivity contribution in [3.8, 4) is 0 Å². The second-order valence-corrected chi connectivity index (χ2v) is 10.8. The number of carbonyl (C=O) groups excluding carboxylic acids is 2. The highest BCUT2D eigenvalue weighted by molar-refractivity contribution is 7.92. The lowest BCUT2D eigenvalue weighted by Gasteiger charge is -2.33. The predicted octanol–water partition coefficient (Wildman–Crippen LogP) is 3.46. The molecule has 0 fully saturated rings. The number of nitrogens with one attached hydrogen (secondary N) is 1. The van der Waals surface area contributed by atoms with Crippen molar-refractivity contribution in [3.05, 3.63) is 101 Å². The number of anilines is 1. The van der Waals surface area contributed by atoms with Crippen LogP contribution in [0, 0.1) is 13.8 Å². The van der Waals surface area contributed by atoms with Gasteiger partial charge in [-0.1, -0.05) is 72.3 Å². The Morgan fingerprint density at radius 1 is 0.889 bits per heavy atom. The number of likely N-dealkylation sites (N-methyl/N-ethyl adjacent to an activating group) is 1. The number of nitrogens with zero attached hydrogens (tertiary/aromatic N) is 2. The number of amides is 2. The molecule has 0 saturated heterocycles. The zero-order chi connectivity index (χ0) is 26.3. The quantitative estimate of drug-likeness (QED) is 0.455. The number of hydrogen-bond donors (Lipinski definition) is 1. The highest BCUT2D eigenvalue weighted by Gasteiger charge is 2.32. The van der Waals surface area contributed by atoms with Crippen LogP contribution in [0.15, 0.2) is 78.9 Å². The SMILES string of the molecule is CNC(=O)[C@H](Cc1ccccc1)N(Cc1ccccc1C)C(=O)CN(c1ccc(C)cc1)S(C)(=O)=O. The highest BCUT2D eigenvalue weighted by Crippen LogP contribution is 2.21. The monoisotopic (exact) mass is 507 g/mol. The number of benzene rings is 3. The third-order valence-electron chi connectivity index (χ3n) is 6.12. The summed E-state index contributed by atoms with van der Waals surface area (Å²) in [6.07, 6.45) is 1.37. The van der Waals surface area contributed by atoms with Crippen LogP contribution in [0.1, 0.15) is 22.3 Å². The van der Waals surface area contributed by atoms with Crippen LogP contribution in [-0.4, -0.2) is 51.0 Å². The summed E-state index contributed by atoms with van der Waals surface area (Å²) in [6.45, 7) is 3.60. The van der Waals surface area contributed by atoms with Gasteiger partial charge in [0.1, 0.15) is 12.6 Å². The Bertz CT molecular complexity index is 1290. The van der Waals surface area contributed by atoms with Crippen molar-refractivity contribution in [2.75, 3.05) is 24.2 Å². The lowest BCUT2D eigenvalue weighted by molar-refractivity contribution is -0.139. The summed E-state index contributed by atoms with van der Waals surface area (Å²) >= 11 is 0. The largest absolute Gasteiger partial charge is 0.357 e. The molecule has 0 unspecified atom stereocenters. The average molecular weight is 508 g/mol. The number of aryl methyl sites for hydroxylation is 2. The van der Waals surface area contributed by atoms with Gasteiger partial charge in [-0.05, 0) is 42.7 Å². The smallest absolute Gasteiger partial charge is 0.244 e. The van der Waals surface area contributed by atoms with Crippen molar-refractivity contribution in [1.82, 2.24) is 10.2 Å². The molecule has 8 heteroatoms. The number of rotatable bonds is 10. The van der Waals surface area contributed by atoms with E-state index in [9.17, 15) is 18.0 Å². The second-order valence-electron chi connectivity index (χ2n) is 8.87. The van der Waals surface area contributed by atoms with Gasteiger partial charge in [-0.25, -0.2) is 8.42 Å². The summed E-state index contributed by atoms with van der Waals surface area (Å²) in [4.78, 5) is 28.4. The van der Waals surface area contributed by atoms with Crippen LogP contribution in [-0.2, 0) is 32.6 Å². The van der Waals surface area contributed by atoms with Gasteiger partial charge in [-0.3, -0.25) is 13.9 Å². The summed E-state index contributed by atoms with van der Waals surface area (Å²) < 4.78 is 26.5. The van der Waals surface area contributed by atoms with E-state index in [1.54, 1.807) is 24.3 Å². The van der Waals surface area contributed by atoms with Crippen LogP contribution in [0.4, 0.5) is 5.69 Å². The van der Waals surface area contributed by atoms with Crippen molar-refractivity contribution in [2.45, 2.75) is 32.9 Å². The molecule has 0 spiro atoms. The van der Waals surface area contributed by atoms with Gasteiger partial charge < -0.3 is 10.2 Å². The van der Waals surface area contributed by atoms with E-state index in [4.69, 9.17) is 0 Å². The lowest BCUT2D eigenvalue weighted by Crippen LogP contribution is -2.53. The van der Waals surface area contributed by atoms with E-state index in [0.29, 0.717) is 12.1 Å². The summed E-state index contributed by atoms with van der Waals surface area (Å²) in [5.74, 6) is -0.782. The van der Waals surface area contributed by atoms with Crippen molar-refractivity contribution in [3.63, 3.8) is 0 Å². The molecule has 36 heavy (non-hydrogen) atoms. The van der Waals surface area contributed by atoms with Crippen molar-refractivity contribution >= 4 is 27.5 Å². The van der Waals surface area contributed by atoms with Crippen LogP contribution in [0.25, 0.3) is 0 Å². The molecular formula is C28H33N3O4S. The Hall–Kier alpha value is -3.65. The standard InChI is InChI=1S/C28H33N3O4S/c1-21-14-16-25(17-15-21)31(36(4,34)35)20-27(32)30(19-24-13-9-8-10-22(24)2)26(28(33)29-3)18-23-11-6-5-7-12-23/h5-17,26H,18-20H2,1-4H3,(H,29,33)/t26-/m0/s1. The van der Waals surface area contributed by atoms with Gasteiger partial charge in [0.25, 0.3) is 0 Å². The third kappa shape index (κ3) is 6.95. The van der Waals surface area contributed by atoms with Crippen LogP contribution in [0.5, 0.6) is 0 Å². The molecule has 0 aromatic heterocycles. The molecule has 1 atom stereocenters. The van der Waals surface area contributed by atoms with Gasteiger partial charge in [0, 0.05) is 20.0 Å². The fourth-order valence-corrected chi connectivity index (χ4v) is 4.87. The molecule has 0 heterocycles. The van der Waals surface area contributed by atoms with Crippen LogP contribution < -0.4 is 9.62 Å². The van der Waals surface area contributed by atoms with Crippen molar-refractivity contribution in [2.24, 2.45) is 0 Å². The first-order valence-corrected chi connectivity index (χ1v) is 13.6.